The molecule has 2 nitrogen and oxygen atoms in total. The van der Waals surface area contributed by atoms with Gasteiger partial charge in [-0.15, -0.1) is 0 Å². The van der Waals surface area contributed by atoms with Crippen molar-refractivity contribution in [2.45, 2.75) is 31.8 Å². The lowest BCUT2D eigenvalue weighted by Gasteiger charge is -2.21. The Hall–Kier alpha value is -1.32. The van der Waals surface area contributed by atoms with Gasteiger partial charge in [0.25, 0.3) is 0 Å². The molecule has 1 heterocycles. The van der Waals surface area contributed by atoms with Crippen molar-refractivity contribution in [3.05, 3.63) is 52.2 Å². The molecule has 0 saturated heterocycles. The van der Waals surface area contributed by atoms with E-state index in [4.69, 9.17) is 5.73 Å². The fraction of sp³-hybridized carbons (Fsp3) is 0.375. The summed E-state index contributed by atoms with van der Waals surface area (Å²) < 4.78 is 0. The topological polar surface area (TPSA) is 29.3 Å². The largest absolute Gasteiger partial charge is 0.399 e. The fourth-order valence-corrected chi connectivity index (χ4v) is 3.06. The average Bonchev–Trinajstić information content (AvgIpc) is 3.14. The van der Waals surface area contributed by atoms with Crippen molar-refractivity contribution in [2.75, 3.05) is 12.3 Å². The van der Waals surface area contributed by atoms with E-state index in [1.54, 1.807) is 11.3 Å². The SMILES string of the molecule is Nc1ccc(CCN(Cc2ccsc2)C2CC2)cc1. The summed E-state index contributed by atoms with van der Waals surface area (Å²) in [5, 5.41) is 4.43. The van der Waals surface area contributed by atoms with Gasteiger partial charge in [0, 0.05) is 24.8 Å². The van der Waals surface area contributed by atoms with Crippen LogP contribution in [-0.4, -0.2) is 17.5 Å². The minimum absolute atomic E-state index is 0.814. The van der Waals surface area contributed by atoms with E-state index in [9.17, 15) is 0 Å². The van der Waals surface area contributed by atoms with Gasteiger partial charge in [-0.2, -0.15) is 11.3 Å². The van der Waals surface area contributed by atoms with Gasteiger partial charge < -0.3 is 5.73 Å². The number of nitrogens with zero attached hydrogens (tertiary/aromatic N) is 1. The van der Waals surface area contributed by atoms with Crippen LogP contribution in [0.25, 0.3) is 0 Å². The molecule has 0 aliphatic heterocycles. The maximum atomic E-state index is 5.72. The standard InChI is InChI=1S/C16H20N2S/c17-15-3-1-13(2-4-15)7-9-18(16-5-6-16)11-14-8-10-19-12-14/h1-4,8,10,12,16H,5-7,9,11,17H2. The Balaban J connectivity index is 1.57. The van der Waals surface area contributed by atoms with Crippen LogP contribution in [-0.2, 0) is 13.0 Å². The summed E-state index contributed by atoms with van der Waals surface area (Å²) in [6.07, 6.45) is 3.85. The number of anilines is 1. The van der Waals surface area contributed by atoms with Crippen molar-refractivity contribution in [1.29, 1.82) is 0 Å². The van der Waals surface area contributed by atoms with Crippen molar-refractivity contribution >= 4 is 17.0 Å². The Kier molecular flexibility index (Phi) is 3.85. The lowest BCUT2D eigenvalue weighted by Crippen LogP contribution is -2.27. The highest BCUT2D eigenvalue weighted by Gasteiger charge is 2.28. The van der Waals surface area contributed by atoms with Crippen LogP contribution in [0, 0.1) is 0 Å². The number of rotatable bonds is 6. The molecule has 0 bridgehead atoms. The van der Waals surface area contributed by atoms with Gasteiger partial charge in [0.05, 0.1) is 0 Å². The number of hydrogen-bond acceptors (Lipinski definition) is 3. The molecule has 0 atom stereocenters. The maximum Gasteiger partial charge on any atom is 0.0314 e. The van der Waals surface area contributed by atoms with Crippen molar-refractivity contribution in [3.8, 4) is 0 Å². The number of thiophene rings is 1. The van der Waals surface area contributed by atoms with Crippen molar-refractivity contribution in [2.24, 2.45) is 0 Å². The molecule has 3 heteroatoms. The van der Waals surface area contributed by atoms with Crippen LogP contribution in [0.1, 0.15) is 24.0 Å². The maximum absolute atomic E-state index is 5.72. The predicted molar refractivity (Wildman–Crippen MR) is 82.3 cm³/mol. The van der Waals surface area contributed by atoms with E-state index in [2.05, 4.69) is 33.9 Å². The average molecular weight is 272 g/mol. The smallest absolute Gasteiger partial charge is 0.0314 e. The van der Waals surface area contributed by atoms with Crippen LogP contribution in [0.5, 0.6) is 0 Å². The Morgan fingerprint density at radius 1 is 1.11 bits per heavy atom. The Labute approximate surface area is 118 Å². The molecule has 2 N–H and O–H groups in total. The molecule has 1 aliphatic rings. The quantitative estimate of drug-likeness (QED) is 0.815. The number of benzene rings is 1. The van der Waals surface area contributed by atoms with Crippen molar-refractivity contribution in [1.82, 2.24) is 4.90 Å². The second kappa shape index (κ2) is 5.76. The summed E-state index contributed by atoms with van der Waals surface area (Å²) in [5.41, 5.74) is 9.40. The third kappa shape index (κ3) is 3.58. The number of hydrogen-bond donors (Lipinski definition) is 1. The predicted octanol–water partition coefficient (Wildman–Crippen LogP) is 3.54. The first kappa shape index (κ1) is 12.7. The highest BCUT2D eigenvalue weighted by atomic mass is 32.1. The zero-order chi connectivity index (χ0) is 13.1. The molecule has 0 radical (unpaired) electrons. The summed E-state index contributed by atoms with van der Waals surface area (Å²) in [7, 11) is 0. The normalized spacial score (nSPS) is 15.0. The third-order valence-electron chi connectivity index (χ3n) is 3.70. The van der Waals surface area contributed by atoms with Crippen LogP contribution in [0.4, 0.5) is 5.69 Å². The van der Waals surface area contributed by atoms with Crippen LogP contribution < -0.4 is 5.73 Å². The van der Waals surface area contributed by atoms with E-state index in [1.807, 2.05) is 12.1 Å². The molecule has 0 amide bonds. The Bertz CT molecular complexity index is 500. The molecule has 3 rings (SSSR count). The molecule has 1 saturated carbocycles. The van der Waals surface area contributed by atoms with E-state index in [-0.39, 0.29) is 0 Å². The van der Waals surface area contributed by atoms with E-state index >= 15 is 0 Å². The van der Waals surface area contributed by atoms with Gasteiger partial charge in [0.15, 0.2) is 0 Å². The summed E-state index contributed by atoms with van der Waals surface area (Å²) in [6, 6.07) is 11.3. The molecule has 1 aliphatic carbocycles. The zero-order valence-electron chi connectivity index (χ0n) is 11.1. The monoisotopic (exact) mass is 272 g/mol. The lowest BCUT2D eigenvalue weighted by molar-refractivity contribution is 0.258. The van der Waals surface area contributed by atoms with Crippen LogP contribution in [0.2, 0.25) is 0 Å². The highest BCUT2D eigenvalue weighted by molar-refractivity contribution is 7.07. The summed E-state index contributed by atoms with van der Waals surface area (Å²) in [4.78, 5) is 2.62. The summed E-state index contributed by atoms with van der Waals surface area (Å²) in [6.45, 7) is 2.24. The van der Waals surface area contributed by atoms with E-state index < -0.39 is 0 Å². The van der Waals surface area contributed by atoms with Crippen molar-refractivity contribution in [3.63, 3.8) is 0 Å². The van der Waals surface area contributed by atoms with E-state index in [1.165, 1.54) is 24.0 Å². The molecule has 2 aromatic rings. The van der Waals surface area contributed by atoms with Gasteiger partial charge in [-0.1, -0.05) is 12.1 Å². The number of nitrogens with two attached hydrogens (primary N) is 1. The fourth-order valence-electron chi connectivity index (χ4n) is 2.40. The van der Waals surface area contributed by atoms with Gasteiger partial charge >= 0.3 is 0 Å². The minimum Gasteiger partial charge on any atom is -0.399 e. The Morgan fingerprint density at radius 3 is 2.53 bits per heavy atom. The molecule has 1 aromatic carbocycles. The molecular formula is C16H20N2S. The van der Waals surface area contributed by atoms with Crippen LogP contribution >= 0.6 is 11.3 Å². The summed E-state index contributed by atoms with van der Waals surface area (Å²) >= 11 is 1.79. The minimum atomic E-state index is 0.814. The van der Waals surface area contributed by atoms with Gasteiger partial charge in [-0.05, 0) is 59.3 Å². The number of nitrogen functional groups attached to an aromatic ring is 1. The zero-order valence-corrected chi connectivity index (χ0v) is 11.9. The third-order valence-corrected chi connectivity index (χ3v) is 4.43. The van der Waals surface area contributed by atoms with Crippen molar-refractivity contribution < 1.29 is 0 Å². The molecular weight excluding hydrogens is 252 g/mol. The summed E-state index contributed by atoms with van der Waals surface area (Å²) in [5.74, 6) is 0. The van der Waals surface area contributed by atoms with Gasteiger partial charge in [0.2, 0.25) is 0 Å². The van der Waals surface area contributed by atoms with Gasteiger partial charge in [-0.3, -0.25) is 4.90 Å². The first-order valence-electron chi connectivity index (χ1n) is 6.91. The van der Waals surface area contributed by atoms with E-state index in [0.717, 1.165) is 31.2 Å². The Morgan fingerprint density at radius 2 is 1.89 bits per heavy atom. The molecule has 100 valence electrons. The lowest BCUT2D eigenvalue weighted by atomic mass is 10.1. The van der Waals surface area contributed by atoms with E-state index in [0.29, 0.717) is 0 Å². The second-order valence-corrected chi connectivity index (χ2v) is 6.10. The van der Waals surface area contributed by atoms with Crippen LogP contribution in [0.15, 0.2) is 41.1 Å². The first-order valence-corrected chi connectivity index (χ1v) is 7.85. The van der Waals surface area contributed by atoms with Gasteiger partial charge in [-0.25, -0.2) is 0 Å². The van der Waals surface area contributed by atoms with Gasteiger partial charge in [0.1, 0.15) is 0 Å². The molecule has 0 unspecified atom stereocenters. The first-order chi connectivity index (χ1) is 9.31. The van der Waals surface area contributed by atoms with Crippen LogP contribution in [0.3, 0.4) is 0 Å². The molecule has 1 fully saturated rings. The highest BCUT2D eigenvalue weighted by Crippen LogP contribution is 2.28. The molecule has 1 aromatic heterocycles. The molecule has 19 heavy (non-hydrogen) atoms. The second-order valence-electron chi connectivity index (χ2n) is 5.32. The molecule has 0 spiro atoms.